The highest BCUT2D eigenvalue weighted by Gasteiger charge is 2.36. The number of anilines is 3. The number of nitrogens with one attached hydrogen (secondary N) is 2. The molecule has 0 radical (unpaired) electrons. The second-order valence-corrected chi connectivity index (χ2v) is 12.3. The number of hydrogen-bond donors (Lipinski definition) is 2. The van der Waals surface area contributed by atoms with Crippen LogP contribution in [0.15, 0.2) is 18.5 Å². The van der Waals surface area contributed by atoms with Gasteiger partial charge in [0.05, 0.1) is 22.8 Å². The van der Waals surface area contributed by atoms with E-state index in [9.17, 15) is 8.42 Å². The van der Waals surface area contributed by atoms with Crippen LogP contribution in [0.3, 0.4) is 0 Å². The van der Waals surface area contributed by atoms with Crippen molar-refractivity contribution in [2.75, 3.05) is 61.0 Å². The van der Waals surface area contributed by atoms with Crippen LogP contribution in [0.1, 0.15) is 42.1 Å². The first kappa shape index (κ1) is 22.1. The number of nitrogens with zero attached hydrogens (tertiary/aromatic N) is 4. The third-order valence-electron chi connectivity index (χ3n) is 7.69. The summed E-state index contributed by atoms with van der Waals surface area (Å²) in [6.07, 6.45) is 2.53. The third-order valence-corrected chi connectivity index (χ3v) is 9.30. The van der Waals surface area contributed by atoms with Gasteiger partial charge < -0.3 is 20.3 Å². The fourth-order valence-electron chi connectivity index (χ4n) is 5.66. The molecule has 1 aromatic carbocycles. The molecular weight excluding hydrogens is 452 g/mol. The van der Waals surface area contributed by atoms with Crippen molar-refractivity contribution >= 4 is 27.2 Å². The fourth-order valence-corrected chi connectivity index (χ4v) is 6.86. The maximum Gasteiger partial charge on any atom is 0.153 e. The summed E-state index contributed by atoms with van der Waals surface area (Å²) in [7, 11) is -2.97. The molecule has 9 nitrogen and oxygen atoms in total. The van der Waals surface area contributed by atoms with E-state index < -0.39 is 9.84 Å². The Morgan fingerprint density at radius 3 is 2.68 bits per heavy atom. The summed E-state index contributed by atoms with van der Waals surface area (Å²) in [5.41, 5.74) is 4.26. The lowest BCUT2D eigenvalue weighted by Gasteiger charge is -2.43. The first-order chi connectivity index (χ1) is 16.4. The van der Waals surface area contributed by atoms with E-state index in [1.807, 2.05) is 11.8 Å². The van der Waals surface area contributed by atoms with Crippen LogP contribution < -0.4 is 20.3 Å². The lowest BCUT2D eigenvalue weighted by atomic mass is 9.88. The van der Waals surface area contributed by atoms with Crippen molar-refractivity contribution in [3.63, 3.8) is 0 Å². The molecule has 0 aliphatic carbocycles. The minimum Gasteiger partial charge on any atom is -0.483 e. The van der Waals surface area contributed by atoms with Gasteiger partial charge in [0.25, 0.3) is 0 Å². The Bertz CT molecular complexity index is 1190. The number of sulfone groups is 1. The molecule has 5 heterocycles. The van der Waals surface area contributed by atoms with Crippen molar-refractivity contribution < 1.29 is 13.2 Å². The van der Waals surface area contributed by atoms with E-state index in [0.29, 0.717) is 25.0 Å². The molecule has 1 aromatic heterocycles. The van der Waals surface area contributed by atoms with E-state index in [1.54, 1.807) is 6.33 Å². The number of ether oxygens (including phenoxy) is 1. The maximum atomic E-state index is 11.9. The SMILES string of the molecule is Cc1cc(C2CN(C3CCNC3)C2)cc2c1O[C@@H](C)c1c(ncnc1N1CCS(=O)(=O)CC1)N2. The molecule has 4 aliphatic heterocycles. The van der Waals surface area contributed by atoms with E-state index in [-0.39, 0.29) is 17.6 Å². The highest BCUT2D eigenvalue weighted by molar-refractivity contribution is 7.91. The third kappa shape index (κ3) is 3.91. The van der Waals surface area contributed by atoms with Crippen LogP contribution in [0.2, 0.25) is 0 Å². The Kier molecular flexibility index (Phi) is 5.42. The highest BCUT2D eigenvalue weighted by Crippen LogP contribution is 2.45. The Labute approximate surface area is 200 Å². The lowest BCUT2D eigenvalue weighted by Crippen LogP contribution is -2.51. The molecule has 3 saturated heterocycles. The number of hydrogen-bond acceptors (Lipinski definition) is 9. The summed E-state index contributed by atoms with van der Waals surface area (Å²) in [5.74, 6) is 3.15. The minimum atomic E-state index is -2.97. The number of aromatic nitrogens is 2. The van der Waals surface area contributed by atoms with Gasteiger partial charge in [-0.15, -0.1) is 0 Å². The standard InChI is InChI=1S/C24H32N6O3S/c1-15-9-17(18-12-30(13-18)19-3-4-25-11-19)10-20-22(15)33-16(2)21-23(28-20)26-14-27-24(21)29-5-7-34(31,32)8-6-29/h9-10,14,16,18-19,25H,3-8,11-13H2,1-2H3,(H,26,27,28)/t16-,19?/m0/s1. The van der Waals surface area contributed by atoms with Crippen molar-refractivity contribution in [2.45, 2.75) is 38.3 Å². The van der Waals surface area contributed by atoms with Gasteiger partial charge in [-0.05, 0) is 44.0 Å². The zero-order valence-corrected chi connectivity index (χ0v) is 20.6. The van der Waals surface area contributed by atoms with Crippen molar-refractivity contribution in [3.8, 4) is 5.75 Å². The second kappa shape index (κ2) is 8.35. The summed E-state index contributed by atoms with van der Waals surface area (Å²) >= 11 is 0. The fraction of sp³-hybridized carbons (Fsp3) is 0.583. The topological polar surface area (TPSA) is 99.7 Å². The van der Waals surface area contributed by atoms with Gasteiger partial charge in [-0.2, -0.15) is 0 Å². The van der Waals surface area contributed by atoms with Gasteiger partial charge in [-0.3, -0.25) is 4.90 Å². The van der Waals surface area contributed by atoms with Crippen LogP contribution in [0.25, 0.3) is 0 Å². The van der Waals surface area contributed by atoms with E-state index in [4.69, 9.17) is 4.74 Å². The smallest absolute Gasteiger partial charge is 0.153 e. The normalized spacial score (nSPS) is 26.6. The van der Waals surface area contributed by atoms with Crippen molar-refractivity contribution in [2.24, 2.45) is 0 Å². The Morgan fingerprint density at radius 1 is 1.15 bits per heavy atom. The minimum absolute atomic E-state index is 0.145. The molecule has 34 heavy (non-hydrogen) atoms. The zero-order chi connectivity index (χ0) is 23.4. The summed E-state index contributed by atoms with van der Waals surface area (Å²) in [6.45, 7) is 9.41. The van der Waals surface area contributed by atoms with Crippen LogP contribution in [-0.2, 0) is 9.84 Å². The quantitative estimate of drug-likeness (QED) is 0.677. The van der Waals surface area contributed by atoms with Crippen molar-refractivity contribution in [1.82, 2.24) is 20.2 Å². The summed E-state index contributed by atoms with van der Waals surface area (Å²) in [6, 6.07) is 5.15. The van der Waals surface area contributed by atoms with E-state index in [2.05, 4.69) is 44.6 Å². The molecule has 2 atom stereocenters. The monoisotopic (exact) mass is 484 g/mol. The van der Waals surface area contributed by atoms with Gasteiger partial charge in [0.2, 0.25) is 0 Å². The maximum absolute atomic E-state index is 11.9. The van der Waals surface area contributed by atoms with Gasteiger partial charge in [-0.1, -0.05) is 6.07 Å². The molecule has 4 aliphatic rings. The van der Waals surface area contributed by atoms with Gasteiger partial charge in [0.15, 0.2) is 9.84 Å². The van der Waals surface area contributed by atoms with Crippen molar-refractivity contribution in [3.05, 3.63) is 35.2 Å². The molecule has 182 valence electrons. The van der Waals surface area contributed by atoms with Gasteiger partial charge >= 0.3 is 0 Å². The van der Waals surface area contributed by atoms with Crippen molar-refractivity contribution in [1.29, 1.82) is 0 Å². The molecule has 0 spiro atoms. The molecule has 0 saturated carbocycles. The number of benzene rings is 1. The van der Waals surface area contributed by atoms with Crippen LogP contribution >= 0.6 is 0 Å². The molecule has 0 bridgehead atoms. The summed E-state index contributed by atoms with van der Waals surface area (Å²) < 4.78 is 30.3. The van der Waals surface area contributed by atoms with Crippen LogP contribution in [-0.4, -0.2) is 80.1 Å². The molecular formula is C24H32N6O3S. The Morgan fingerprint density at radius 2 is 1.94 bits per heavy atom. The summed E-state index contributed by atoms with van der Waals surface area (Å²) in [5, 5.41) is 7.00. The van der Waals surface area contributed by atoms with E-state index in [0.717, 1.165) is 60.4 Å². The Hall–Kier alpha value is -2.43. The number of likely N-dealkylation sites (tertiary alicyclic amines) is 1. The van der Waals surface area contributed by atoms with Crippen LogP contribution in [0.4, 0.5) is 17.3 Å². The molecule has 6 rings (SSSR count). The first-order valence-electron chi connectivity index (χ1n) is 12.2. The highest BCUT2D eigenvalue weighted by atomic mass is 32.2. The number of rotatable bonds is 3. The molecule has 1 unspecified atom stereocenters. The van der Waals surface area contributed by atoms with Gasteiger partial charge in [-0.25, -0.2) is 18.4 Å². The molecule has 10 heteroatoms. The van der Waals surface area contributed by atoms with Gasteiger partial charge in [0.1, 0.15) is 29.8 Å². The molecule has 3 fully saturated rings. The predicted octanol–water partition coefficient (Wildman–Crippen LogP) is 1.98. The van der Waals surface area contributed by atoms with E-state index in [1.165, 1.54) is 12.0 Å². The predicted molar refractivity (Wildman–Crippen MR) is 132 cm³/mol. The average molecular weight is 485 g/mol. The largest absolute Gasteiger partial charge is 0.483 e. The average Bonchev–Trinajstić information content (AvgIpc) is 3.24. The molecule has 0 amide bonds. The Balaban J connectivity index is 1.27. The summed E-state index contributed by atoms with van der Waals surface area (Å²) in [4.78, 5) is 13.7. The van der Waals surface area contributed by atoms with Crippen LogP contribution in [0.5, 0.6) is 5.75 Å². The zero-order valence-electron chi connectivity index (χ0n) is 19.7. The molecule has 2 aromatic rings. The second-order valence-electron chi connectivity index (χ2n) is 10.00. The molecule has 2 N–H and O–H groups in total. The lowest BCUT2D eigenvalue weighted by molar-refractivity contribution is 0.101. The van der Waals surface area contributed by atoms with Gasteiger partial charge in [0, 0.05) is 44.7 Å². The van der Waals surface area contributed by atoms with Crippen LogP contribution in [0, 0.1) is 6.92 Å². The van der Waals surface area contributed by atoms with E-state index >= 15 is 0 Å². The first-order valence-corrected chi connectivity index (χ1v) is 14.0. The number of fused-ring (bicyclic) bond motifs is 2. The number of aryl methyl sites for hydroxylation is 1.